The van der Waals surface area contributed by atoms with Crippen molar-refractivity contribution in [1.82, 2.24) is 0 Å². The lowest BCUT2D eigenvalue weighted by Gasteiger charge is -2.39. The molecular formula is C47H84O9. The Labute approximate surface area is 342 Å². The van der Waals surface area contributed by atoms with Crippen molar-refractivity contribution in [2.24, 2.45) is 0 Å². The molecule has 0 saturated carbocycles. The summed E-state index contributed by atoms with van der Waals surface area (Å²) < 4.78 is 22.8. The molecule has 0 radical (unpaired) electrons. The van der Waals surface area contributed by atoms with Gasteiger partial charge in [0.05, 0.1) is 19.8 Å². The number of hydrogen-bond acceptors (Lipinski definition) is 9. The Kier molecular flexibility index (Phi) is 36.0. The number of esters is 1. The van der Waals surface area contributed by atoms with Crippen LogP contribution >= 0.6 is 0 Å². The molecular weight excluding hydrogens is 709 g/mol. The quantitative estimate of drug-likeness (QED) is 0.0274. The molecule has 0 aromatic rings. The van der Waals surface area contributed by atoms with Gasteiger partial charge < -0.3 is 39.4 Å². The summed E-state index contributed by atoms with van der Waals surface area (Å²) in [6.45, 7) is 4.47. The van der Waals surface area contributed by atoms with Crippen molar-refractivity contribution in [3.63, 3.8) is 0 Å². The molecule has 0 aliphatic carbocycles. The first-order valence-electron chi connectivity index (χ1n) is 22.7. The molecule has 1 aliphatic rings. The van der Waals surface area contributed by atoms with E-state index in [1.165, 1.54) is 96.3 Å². The standard InChI is InChI=1S/C47H84O9/c1-3-5-7-9-11-13-15-17-19-20-21-22-23-25-27-29-31-33-35-37-53-39-41(40-54-47-46(52)45(51)44(50)42(38-48)56-47)55-43(49)36-34-32-30-28-26-24-18-16-14-12-10-8-6-4-2/h10,12-13,15-16,18-20,41-42,44-48,50-52H,3-9,11,14,17,21-40H2,1-2H3/b12-10-,15-13-,18-16-,20-19-. The van der Waals surface area contributed by atoms with Gasteiger partial charge in [-0.05, 0) is 70.6 Å². The van der Waals surface area contributed by atoms with Crippen molar-refractivity contribution in [2.45, 2.75) is 218 Å². The fraction of sp³-hybridized carbons (Fsp3) is 0.809. The Bertz CT molecular complexity index is 994. The van der Waals surface area contributed by atoms with E-state index in [9.17, 15) is 25.2 Å². The van der Waals surface area contributed by atoms with Gasteiger partial charge in [-0.2, -0.15) is 0 Å². The number of allylic oxidation sites excluding steroid dienone is 8. The first-order chi connectivity index (χ1) is 27.4. The number of carbonyl (C=O) groups excluding carboxylic acids is 1. The van der Waals surface area contributed by atoms with Gasteiger partial charge in [0, 0.05) is 13.0 Å². The topological polar surface area (TPSA) is 135 Å². The molecule has 0 aromatic heterocycles. The largest absolute Gasteiger partial charge is 0.457 e. The van der Waals surface area contributed by atoms with E-state index in [2.05, 4.69) is 62.5 Å². The number of carbonyl (C=O) groups is 1. The second-order valence-corrected chi connectivity index (χ2v) is 15.5. The molecule has 1 saturated heterocycles. The molecule has 6 atom stereocenters. The lowest BCUT2D eigenvalue weighted by molar-refractivity contribution is -0.305. The summed E-state index contributed by atoms with van der Waals surface area (Å²) in [5, 5.41) is 40.1. The van der Waals surface area contributed by atoms with Gasteiger partial charge in [0.15, 0.2) is 6.29 Å². The average molecular weight is 793 g/mol. The van der Waals surface area contributed by atoms with Crippen LogP contribution in [0.4, 0.5) is 0 Å². The monoisotopic (exact) mass is 793 g/mol. The van der Waals surface area contributed by atoms with Crippen LogP contribution in [0.1, 0.15) is 181 Å². The average Bonchev–Trinajstić information content (AvgIpc) is 3.20. The van der Waals surface area contributed by atoms with Crippen LogP contribution in [0.2, 0.25) is 0 Å². The molecule has 1 aliphatic heterocycles. The maximum Gasteiger partial charge on any atom is 0.306 e. The third-order valence-corrected chi connectivity index (χ3v) is 10.2. The van der Waals surface area contributed by atoms with Crippen LogP contribution in [0.25, 0.3) is 0 Å². The number of rotatable bonds is 38. The van der Waals surface area contributed by atoms with Gasteiger partial charge in [0.1, 0.15) is 30.5 Å². The van der Waals surface area contributed by atoms with Crippen molar-refractivity contribution in [1.29, 1.82) is 0 Å². The fourth-order valence-electron chi connectivity index (χ4n) is 6.60. The molecule has 1 rings (SSSR count). The second kappa shape index (κ2) is 38.7. The number of hydrogen-bond donors (Lipinski definition) is 4. The van der Waals surface area contributed by atoms with Gasteiger partial charge in [-0.15, -0.1) is 0 Å². The Hall–Kier alpha value is -1.85. The van der Waals surface area contributed by atoms with Gasteiger partial charge >= 0.3 is 5.97 Å². The van der Waals surface area contributed by atoms with Crippen LogP contribution in [-0.4, -0.2) is 89.6 Å². The van der Waals surface area contributed by atoms with Gasteiger partial charge in [0.25, 0.3) is 0 Å². The fourth-order valence-corrected chi connectivity index (χ4v) is 6.60. The summed E-state index contributed by atoms with van der Waals surface area (Å²) in [6.07, 6.45) is 39.9. The first-order valence-corrected chi connectivity index (χ1v) is 22.7. The molecule has 0 spiro atoms. The minimum absolute atomic E-state index is 0.123. The Morgan fingerprint density at radius 2 is 1.05 bits per heavy atom. The SMILES string of the molecule is CCCC/C=C\C/C=C\CCCCCCCC(=O)OC(COCCCCCCCCCC/C=C\C/C=C\CCCCCC)COC1OC(CO)C(O)C(O)C1O. The lowest BCUT2D eigenvalue weighted by atomic mass is 9.99. The number of unbranched alkanes of at least 4 members (excludes halogenated alkanes) is 19. The van der Waals surface area contributed by atoms with Crippen LogP contribution < -0.4 is 0 Å². The van der Waals surface area contributed by atoms with Gasteiger partial charge in [0.2, 0.25) is 0 Å². The molecule has 9 heteroatoms. The molecule has 1 fully saturated rings. The highest BCUT2D eigenvalue weighted by Crippen LogP contribution is 2.22. The highest BCUT2D eigenvalue weighted by Gasteiger charge is 2.44. The first kappa shape index (κ1) is 52.2. The second-order valence-electron chi connectivity index (χ2n) is 15.5. The number of aliphatic hydroxyl groups excluding tert-OH is 4. The van der Waals surface area contributed by atoms with Crippen molar-refractivity contribution in [3.8, 4) is 0 Å². The van der Waals surface area contributed by atoms with E-state index in [1.807, 2.05) is 0 Å². The van der Waals surface area contributed by atoms with E-state index in [0.717, 1.165) is 64.2 Å². The maximum absolute atomic E-state index is 12.8. The zero-order valence-corrected chi connectivity index (χ0v) is 35.6. The smallest absolute Gasteiger partial charge is 0.306 e. The van der Waals surface area contributed by atoms with Gasteiger partial charge in [-0.3, -0.25) is 4.79 Å². The van der Waals surface area contributed by atoms with E-state index in [1.54, 1.807) is 0 Å². The molecule has 0 bridgehead atoms. The summed E-state index contributed by atoms with van der Waals surface area (Å²) >= 11 is 0. The van der Waals surface area contributed by atoms with Crippen molar-refractivity contribution in [3.05, 3.63) is 48.6 Å². The van der Waals surface area contributed by atoms with Crippen molar-refractivity contribution < 1.29 is 44.2 Å². The van der Waals surface area contributed by atoms with E-state index >= 15 is 0 Å². The van der Waals surface area contributed by atoms with Crippen LogP contribution in [0.5, 0.6) is 0 Å². The van der Waals surface area contributed by atoms with E-state index in [4.69, 9.17) is 18.9 Å². The van der Waals surface area contributed by atoms with E-state index in [0.29, 0.717) is 13.0 Å². The summed E-state index contributed by atoms with van der Waals surface area (Å²) in [6, 6.07) is 0. The normalized spacial score (nSPS) is 21.0. The number of ether oxygens (including phenoxy) is 4. The summed E-state index contributed by atoms with van der Waals surface area (Å²) in [4.78, 5) is 12.8. The Balaban J connectivity index is 2.27. The highest BCUT2D eigenvalue weighted by atomic mass is 16.7. The summed E-state index contributed by atoms with van der Waals surface area (Å²) in [7, 11) is 0. The third kappa shape index (κ3) is 29.4. The molecule has 9 nitrogen and oxygen atoms in total. The molecule has 4 N–H and O–H groups in total. The molecule has 1 heterocycles. The Morgan fingerprint density at radius 1 is 0.571 bits per heavy atom. The third-order valence-electron chi connectivity index (χ3n) is 10.2. The highest BCUT2D eigenvalue weighted by molar-refractivity contribution is 5.69. The van der Waals surface area contributed by atoms with Gasteiger partial charge in [-0.25, -0.2) is 0 Å². The maximum atomic E-state index is 12.8. The van der Waals surface area contributed by atoms with Crippen LogP contribution in [0.3, 0.4) is 0 Å². The predicted molar refractivity (Wildman–Crippen MR) is 228 cm³/mol. The van der Waals surface area contributed by atoms with Crippen molar-refractivity contribution in [2.75, 3.05) is 26.4 Å². The number of aliphatic hydroxyl groups is 4. The summed E-state index contributed by atoms with van der Waals surface area (Å²) in [5.74, 6) is -0.331. The lowest BCUT2D eigenvalue weighted by Crippen LogP contribution is -2.59. The molecule has 56 heavy (non-hydrogen) atoms. The summed E-state index contributed by atoms with van der Waals surface area (Å²) in [5.41, 5.74) is 0. The van der Waals surface area contributed by atoms with Gasteiger partial charge in [-0.1, -0.05) is 152 Å². The van der Waals surface area contributed by atoms with Crippen LogP contribution in [-0.2, 0) is 23.7 Å². The van der Waals surface area contributed by atoms with E-state index < -0.39 is 43.4 Å². The van der Waals surface area contributed by atoms with Crippen LogP contribution in [0.15, 0.2) is 48.6 Å². The molecule has 0 amide bonds. The Morgan fingerprint density at radius 3 is 1.59 bits per heavy atom. The molecule has 326 valence electrons. The minimum atomic E-state index is -1.54. The van der Waals surface area contributed by atoms with Crippen molar-refractivity contribution >= 4 is 5.97 Å². The predicted octanol–water partition coefficient (Wildman–Crippen LogP) is 10.1. The minimum Gasteiger partial charge on any atom is -0.457 e. The van der Waals surface area contributed by atoms with Crippen LogP contribution in [0, 0.1) is 0 Å². The van der Waals surface area contributed by atoms with E-state index in [-0.39, 0.29) is 19.2 Å². The molecule has 0 aromatic carbocycles. The molecule has 6 unspecified atom stereocenters. The zero-order valence-electron chi connectivity index (χ0n) is 35.6. The zero-order chi connectivity index (χ0) is 40.7.